The number of alkyl halides is 6. The minimum Gasteiger partial charge on any atom is -0.508 e. The zero-order chi connectivity index (χ0) is 40.1. The number of phenols is 1. The molecule has 3 fully saturated rings. The van der Waals surface area contributed by atoms with Gasteiger partial charge in [-0.05, 0) is 79.8 Å². The average Bonchev–Trinajstić information content (AvgIpc) is 3.53. The summed E-state index contributed by atoms with van der Waals surface area (Å²) in [4.78, 5) is 58.8. The van der Waals surface area contributed by atoms with E-state index in [0.717, 1.165) is 10.6 Å². The van der Waals surface area contributed by atoms with Gasteiger partial charge in [0.15, 0.2) is 0 Å². The van der Waals surface area contributed by atoms with Crippen molar-refractivity contribution in [2.45, 2.75) is 43.5 Å². The molecule has 0 aromatic heterocycles. The van der Waals surface area contributed by atoms with Crippen LogP contribution in [0.4, 0.5) is 37.7 Å². The molecule has 0 bridgehead atoms. The van der Waals surface area contributed by atoms with Crippen LogP contribution in [0.15, 0.2) is 103 Å². The Morgan fingerprint density at radius 1 is 0.786 bits per heavy atom. The van der Waals surface area contributed by atoms with E-state index in [1.165, 1.54) is 18.2 Å². The van der Waals surface area contributed by atoms with E-state index in [1.807, 2.05) is 6.92 Å². The highest BCUT2D eigenvalue weighted by molar-refractivity contribution is 6.30. The third-order valence-corrected chi connectivity index (χ3v) is 11.8. The molecule has 8 nitrogen and oxygen atoms in total. The Balaban J connectivity index is 1.31. The average molecular weight is 794 g/mol. The molecule has 0 spiro atoms. The number of hydrazine groups is 1. The molecule has 6 unspecified atom stereocenters. The summed E-state index contributed by atoms with van der Waals surface area (Å²) in [5, 5.41) is 12.5. The van der Waals surface area contributed by atoms with E-state index in [9.17, 15) is 45.8 Å². The molecule has 2 aliphatic carbocycles. The van der Waals surface area contributed by atoms with E-state index in [2.05, 4.69) is 5.43 Å². The Labute approximate surface area is 320 Å². The molecule has 8 rings (SSSR count). The Morgan fingerprint density at radius 3 is 2.05 bits per heavy atom. The van der Waals surface area contributed by atoms with Gasteiger partial charge in [0.2, 0.25) is 11.8 Å². The fourth-order valence-electron chi connectivity index (χ4n) is 9.17. The Kier molecular flexibility index (Phi) is 8.64. The predicted octanol–water partition coefficient (Wildman–Crippen LogP) is 8.58. The molecule has 4 aliphatic rings. The first-order valence-corrected chi connectivity index (χ1v) is 17.9. The highest BCUT2D eigenvalue weighted by atomic mass is 35.5. The number of hydrogen-bond donors (Lipinski definition) is 2. The number of benzene rings is 4. The second kappa shape index (κ2) is 13.0. The Hall–Kier alpha value is -5.63. The molecule has 4 aromatic carbocycles. The number of rotatable bonds is 5. The maximum Gasteiger partial charge on any atom is 0.416 e. The minimum absolute atomic E-state index is 0.0906. The molecule has 2 heterocycles. The summed E-state index contributed by atoms with van der Waals surface area (Å²) in [6.07, 6.45) is -9.24. The maximum atomic E-state index is 15.2. The molecule has 0 radical (unpaired) electrons. The molecule has 2 aliphatic heterocycles. The zero-order valence-corrected chi connectivity index (χ0v) is 29.9. The van der Waals surface area contributed by atoms with Gasteiger partial charge in [-0.15, -0.1) is 0 Å². The normalized spacial score (nSPS) is 26.2. The smallest absolute Gasteiger partial charge is 0.416 e. The number of nitrogens with zero attached hydrogens (tertiary/aromatic N) is 2. The van der Waals surface area contributed by atoms with Gasteiger partial charge in [-0.2, -0.15) is 31.4 Å². The summed E-state index contributed by atoms with van der Waals surface area (Å²) in [5.74, 6) is -9.71. The van der Waals surface area contributed by atoms with Crippen LogP contribution in [-0.4, -0.2) is 33.7 Å². The summed E-state index contributed by atoms with van der Waals surface area (Å²) in [6.45, 7) is 1.86. The number of allylic oxidation sites excluding steroid dienone is 2. The number of aryl methyl sites for hydroxylation is 1. The van der Waals surface area contributed by atoms with E-state index in [0.29, 0.717) is 33.9 Å². The molecule has 4 aromatic rings. The molecule has 1 saturated carbocycles. The van der Waals surface area contributed by atoms with Crippen molar-refractivity contribution >= 4 is 46.6 Å². The highest BCUT2D eigenvalue weighted by Crippen LogP contribution is 2.65. The highest BCUT2D eigenvalue weighted by Gasteiger charge is 2.70. The lowest BCUT2D eigenvalue weighted by atomic mass is 9.49. The number of phenolic OH excluding ortho intramolecular Hbond substituents is 1. The quantitative estimate of drug-likeness (QED) is 0.119. The van der Waals surface area contributed by atoms with Crippen LogP contribution in [0.1, 0.15) is 46.6 Å². The second-order valence-corrected chi connectivity index (χ2v) is 15.0. The second-order valence-electron chi connectivity index (χ2n) is 14.6. The van der Waals surface area contributed by atoms with Crippen LogP contribution in [-0.2, 0) is 36.9 Å². The lowest BCUT2D eigenvalue weighted by Crippen LogP contribution is -2.53. The summed E-state index contributed by atoms with van der Waals surface area (Å²) >= 11 is 6.50. The van der Waals surface area contributed by atoms with Gasteiger partial charge in [0.25, 0.3) is 11.8 Å². The van der Waals surface area contributed by atoms with Gasteiger partial charge in [-0.25, -0.2) is 4.90 Å². The molecule has 56 heavy (non-hydrogen) atoms. The van der Waals surface area contributed by atoms with Gasteiger partial charge in [0, 0.05) is 16.5 Å². The topological polar surface area (TPSA) is 107 Å². The largest absolute Gasteiger partial charge is 0.508 e. The van der Waals surface area contributed by atoms with E-state index in [-0.39, 0.29) is 35.2 Å². The number of nitrogens with one attached hydrogen (secondary N) is 1. The first-order valence-electron chi connectivity index (χ1n) is 17.6. The lowest BCUT2D eigenvalue weighted by Gasteiger charge is -2.50. The number of carbonyl (C=O) groups is 4. The van der Waals surface area contributed by atoms with E-state index in [1.54, 1.807) is 60.7 Å². The van der Waals surface area contributed by atoms with E-state index < -0.39 is 87.8 Å². The van der Waals surface area contributed by atoms with Crippen molar-refractivity contribution < 1.29 is 50.6 Å². The molecule has 6 atom stereocenters. The first-order chi connectivity index (χ1) is 26.4. The van der Waals surface area contributed by atoms with Crippen molar-refractivity contribution in [3.8, 4) is 5.75 Å². The number of anilines is 2. The number of imide groups is 2. The number of fused-ring (bicyclic) bond motifs is 4. The molecule has 4 amide bonds. The van der Waals surface area contributed by atoms with Crippen LogP contribution < -0.4 is 10.3 Å². The maximum absolute atomic E-state index is 15.2. The van der Waals surface area contributed by atoms with E-state index in [4.69, 9.17) is 11.6 Å². The third kappa shape index (κ3) is 5.67. The molecule has 288 valence electrons. The van der Waals surface area contributed by atoms with Crippen LogP contribution in [0, 0.1) is 30.6 Å². The molecular formula is C41H30ClF6N3O5. The molecular weight excluding hydrogens is 764 g/mol. The summed E-state index contributed by atoms with van der Waals surface area (Å²) in [6, 6.07) is 20.1. The number of halogens is 7. The van der Waals surface area contributed by atoms with Crippen molar-refractivity contribution in [1.82, 2.24) is 5.01 Å². The van der Waals surface area contributed by atoms with Crippen molar-refractivity contribution in [1.29, 1.82) is 0 Å². The van der Waals surface area contributed by atoms with Gasteiger partial charge in [0.1, 0.15) is 5.75 Å². The Morgan fingerprint density at radius 2 is 1.43 bits per heavy atom. The molecule has 15 heteroatoms. The SMILES string of the molecule is Cc1ccc(NN2C(=O)C3CC4C(=CCC5C(=O)N(c6cc(C(F)(F)F)cc(C(F)(F)F)c6)C(=O)C54)C(c4cc(Cl)ccc4O)C3(c3ccccc3)C2=O)cc1. The zero-order valence-electron chi connectivity index (χ0n) is 29.2. The number of aromatic hydroxyl groups is 1. The van der Waals surface area contributed by atoms with Crippen molar-refractivity contribution in [2.24, 2.45) is 23.7 Å². The monoisotopic (exact) mass is 793 g/mol. The van der Waals surface area contributed by atoms with Crippen molar-refractivity contribution in [3.63, 3.8) is 0 Å². The van der Waals surface area contributed by atoms with Crippen molar-refractivity contribution in [2.75, 3.05) is 10.3 Å². The lowest BCUT2D eigenvalue weighted by molar-refractivity contribution is -0.143. The van der Waals surface area contributed by atoms with Crippen LogP contribution in [0.5, 0.6) is 5.75 Å². The number of carbonyl (C=O) groups excluding carboxylic acids is 4. The van der Waals surface area contributed by atoms with Crippen LogP contribution in [0.25, 0.3) is 0 Å². The summed E-state index contributed by atoms with van der Waals surface area (Å²) in [5.41, 5.74) is -0.859. The standard InChI is InChI=1S/C41H30ClF6N3O5/c1-20-7-10-25(11-8-20)49-51-36(54)31-19-29-27(34(30-18-24(42)9-14-32(30)52)39(31,38(51)56)21-5-3-2-4-6-21)12-13-28-33(29)37(55)50(35(28)53)26-16-22(40(43,44)45)15-23(17-26)41(46,47)48/h2-12,14-18,28-29,31,33-34,49,52H,13,19H2,1H3. The third-order valence-electron chi connectivity index (χ3n) is 11.5. The predicted molar refractivity (Wildman–Crippen MR) is 191 cm³/mol. The molecule has 2 saturated heterocycles. The van der Waals surface area contributed by atoms with Gasteiger partial charge < -0.3 is 5.11 Å². The van der Waals surface area contributed by atoms with Crippen molar-refractivity contribution in [3.05, 3.63) is 135 Å². The van der Waals surface area contributed by atoms with Crippen LogP contribution in [0.2, 0.25) is 5.02 Å². The minimum atomic E-state index is -5.24. The first kappa shape index (κ1) is 37.3. The van der Waals surface area contributed by atoms with Gasteiger partial charge >= 0.3 is 12.4 Å². The van der Waals surface area contributed by atoms with Gasteiger partial charge in [-0.1, -0.05) is 71.3 Å². The summed E-state index contributed by atoms with van der Waals surface area (Å²) in [7, 11) is 0. The molecule has 2 N–H and O–H groups in total. The fraction of sp³-hybridized carbons (Fsp3) is 0.268. The number of amides is 4. The summed E-state index contributed by atoms with van der Waals surface area (Å²) < 4.78 is 83.4. The van der Waals surface area contributed by atoms with Gasteiger partial charge in [-0.3, -0.25) is 24.6 Å². The fourth-order valence-corrected chi connectivity index (χ4v) is 9.35. The van der Waals surface area contributed by atoms with Crippen LogP contribution in [0.3, 0.4) is 0 Å². The number of hydrogen-bond acceptors (Lipinski definition) is 6. The van der Waals surface area contributed by atoms with Gasteiger partial charge in [0.05, 0.1) is 45.7 Å². The van der Waals surface area contributed by atoms with E-state index >= 15 is 4.79 Å². The Bertz CT molecular complexity index is 2320. The van der Waals surface area contributed by atoms with Crippen LogP contribution >= 0.6 is 11.6 Å².